The quantitative estimate of drug-likeness (QED) is 0.436. The minimum absolute atomic E-state index is 0.0259. The van der Waals surface area contributed by atoms with Crippen LogP contribution in [-0.2, 0) is 0 Å². The van der Waals surface area contributed by atoms with Gasteiger partial charge in [0.05, 0.1) is 41.4 Å². The molecule has 0 saturated carbocycles. The molecule has 0 radical (unpaired) electrons. The number of nitrogens with one attached hydrogen (secondary N) is 1. The number of ether oxygens (including phenoxy) is 1. The number of benzene rings is 2. The summed E-state index contributed by atoms with van der Waals surface area (Å²) in [5, 5.41) is 12.8. The molecule has 2 atom stereocenters. The average molecular weight is 506 g/mol. The van der Waals surface area contributed by atoms with Crippen molar-refractivity contribution in [1.29, 1.82) is 5.26 Å². The van der Waals surface area contributed by atoms with Gasteiger partial charge in [-0.15, -0.1) is 0 Å². The maximum atomic E-state index is 14.7. The Balaban J connectivity index is 1.89. The smallest absolute Gasteiger partial charge is 0.266 e. The van der Waals surface area contributed by atoms with Crippen LogP contribution < -0.4 is 15.6 Å². The lowest BCUT2D eigenvalue weighted by molar-refractivity contribution is 0.354. The molecule has 5 rings (SSSR count). The molecule has 37 heavy (non-hydrogen) atoms. The number of aryl methyl sites for hydroxylation is 2. The fraction of sp³-hybridized carbons (Fsp3) is 0.259. The van der Waals surface area contributed by atoms with E-state index in [0.29, 0.717) is 16.6 Å². The van der Waals surface area contributed by atoms with Gasteiger partial charge in [0.1, 0.15) is 12.0 Å². The number of rotatable bonds is 4. The molecule has 2 aromatic heterocycles. The molecule has 1 aliphatic heterocycles. The number of hydrogen-bond acceptors (Lipinski definition) is 6. The molecule has 4 aromatic rings. The van der Waals surface area contributed by atoms with Gasteiger partial charge in [0.2, 0.25) is 0 Å². The van der Waals surface area contributed by atoms with Gasteiger partial charge in [-0.1, -0.05) is 0 Å². The van der Waals surface area contributed by atoms with Crippen LogP contribution in [-0.4, -0.2) is 34.4 Å². The van der Waals surface area contributed by atoms with Crippen LogP contribution >= 0.6 is 0 Å². The molecule has 10 heteroatoms. The number of methoxy groups -OCH3 is 1. The van der Waals surface area contributed by atoms with Crippen LogP contribution in [0, 0.1) is 36.8 Å². The first kappa shape index (κ1) is 24.5. The zero-order chi connectivity index (χ0) is 26.4. The van der Waals surface area contributed by atoms with Gasteiger partial charge in [0, 0.05) is 42.0 Å². The van der Waals surface area contributed by atoms with Gasteiger partial charge < -0.3 is 10.1 Å². The molecule has 7 nitrogen and oxygen atoms in total. The lowest BCUT2D eigenvalue weighted by Crippen LogP contribution is -2.29. The Kier molecular flexibility index (Phi) is 6.17. The first-order valence-electron chi connectivity index (χ1n) is 11.6. The Labute approximate surface area is 210 Å². The highest BCUT2D eigenvalue weighted by Gasteiger charge is 2.31. The van der Waals surface area contributed by atoms with E-state index in [2.05, 4.69) is 16.4 Å². The first-order chi connectivity index (χ1) is 17.7. The van der Waals surface area contributed by atoms with Gasteiger partial charge in [0.25, 0.3) is 5.56 Å². The summed E-state index contributed by atoms with van der Waals surface area (Å²) in [6.45, 7) is 3.71. The Morgan fingerprint density at radius 1 is 1.08 bits per heavy atom. The monoisotopic (exact) mass is 505 g/mol. The van der Waals surface area contributed by atoms with Crippen molar-refractivity contribution < 1.29 is 17.9 Å². The SMILES string of the molecule is COc1c(F)cc(-n2c(C3C[C@H](F)CN3)nc3c(-c4cc(C)nc(C)c4)cc(C#N)cc3c2=O)cc1F. The van der Waals surface area contributed by atoms with Gasteiger partial charge >= 0.3 is 0 Å². The number of fused-ring (bicyclic) bond motifs is 1. The summed E-state index contributed by atoms with van der Waals surface area (Å²) in [5.74, 6) is -2.50. The van der Waals surface area contributed by atoms with Gasteiger partial charge in [-0.25, -0.2) is 18.2 Å². The maximum Gasteiger partial charge on any atom is 0.266 e. The molecular formula is C27H22F3N5O2. The zero-order valence-corrected chi connectivity index (χ0v) is 20.3. The second-order valence-corrected chi connectivity index (χ2v) is 9.02. The van der Waals surface area contributed by atoms with E-state index >= 15 is 0 Å². The highest BCUT2D eigenvalue weighted by Crippen LogP contribution is 2.33. The number of nitrogens with zero attached hydrogens (tertiary/aromatic N) is 4. The van der Waals surface area contributed by atoms with Crippen LogP contribution in [0.2, 0.25) is 0 Å². The van der Waals surface area contributed by atoms with Crippen LogP contribution in [0.4, 0.5) is 13.2 Å². The van der Waals surface area contributed by atoms with Crippen molar-refractivity contribution in [2.45, 2.75) is 32.5 Å². The largest absolute Gasteiger partial charge is 0.491 e. The first-order valence-corrected chi connectivity index (χ1v) is 11.6. The predicted molar refractivity (Wildman–Crippen MR) is 131 cm³/mol. The summed E-state index contributed by atoms with van der Waals surface area (Å²) in [5.41, 5.74) is 2.42. The van der Waals surface area contributed by atoms with Crippen LogP contribution in [0.5, 0.6) is 5.75 Å². The molecule has 0 aliphatic carbocycles. The van der Waals surface area contributed by atoms with Crippen molar-refractivity contribution in [3.05, 3.63) is 81.2 Å². The minimum atomic E-state index is -1.18. The van der Waals surface area contributed by atoms with Crippen molar-refractivity contribution >= 4 is 10.9 Å². The van der Waals surface area contributed by atoms with Crippen LogP contribution in [0.1, 0.15) is 35.2 Å². The van der Waals surface area contributed by atoms with E-state index in [9.17, 15) is 23.2 Å². The summed E-state index contributed by atoms with van der Waals surface area (Å²) in [7, 11) is 1.13. The number of nitriles is 1. The van der Waals surface area contributed by atoms with E-state index in [-0.39, 0.29) is 35.4 Å². The van der Waals surface area contributed by atoms with Gasteiger partial charge in [-0.2, -0.15) is 5.26 Å². The molecule has 1 saturated heterocycles. The van der Waals surface area contributed by atoms with E-state index in [4.69, 9.17) is 9.72 Å². The summed E-state index contributed by atoms with van der Waals surface area (Å²) in [4.78, 5) is 23.1. The third-order valence-electron chi connectivity index (χ3n) is 6.35. The van der Waals surface area contributed by atoms with Crippen LogP contribution in [0.15, 0.2) is 41.2 Å². The molecule has 188 valence electrons. The Bertz CT molecular complexity index is 1620. The van der Waals surface area contributed by atoms with Crippen molar-refractivity contribution in [3.8, 4) is 28.6 Å². The Morgan fingerprint density at radius 2 is 1.76 bits per heavy atom. The molecule has 1 N–H and O–H groups in total. The third kappa shape index (κ3) is 4.32. The molecule has 0 spiro atoms. The average Bonchev–Trinajstić information content (AvgIpc) is 3.28. The lowest BCUT2D eigenvalue weighted by Gasteiger charge is -2.20. The molecule has 2 aromatic carbocycles. The molecule has 1 unspecified atom stereocenters. The second kappa shape index (κ2) is 9.33. The predicted octanol–water partition coefficient (Wildman–Crippen LogP) is 4.60. The highest BCUT2D eigenvalue weighted by molar-refractivity contribution is 5.94. The number of alkyl halides is 1. The molecule has 1 fully saturated rings. The molecular weight excluding hydrogens is 483 g/mol. The number of pyridine rings is 1. The highest BCUT2D eigenvalue weighted by atomic mass is 19.1. The van der Waals surface area contributed by atoms with Gasteiger partial charge in [-0.3, -0.25) is 14.3 Å². The van der Waals surface area contributed by atoms with Crippen LogP contribution in [0.3, 0.4) is 0 Å². The topological polar surface area (TPSA) is 92.8 Å². The van der Waals surface area contributed by atoms with E-state index in [1.807, 2.05) is 26.0 Å². The Morgan fingerprint density at radius 3 is 2.32 bits per heavy atom. The van der Waals surface area contributed by atoms with E-state index in [1.165, 1.54) is 6.07 Å². The van der Waals surface area contributed by atoms with E-state index in [1.54, 1.807) is 6.07 Å². The second-order valence-electron chi connectivity index (χ2n) is 9.02. The van der Waals surface area contributed by atoms with Gasteiger partial charge in [0.15, 0.2) is 17.4 Å². The van der Waals surface area contributed by atoms with Crippen molar-refractivity contribution in [2.24, 2.45) is 0 Å². The zero-order valence-electron chi connectivity index (χ0n) is 20.3. The Hall–Kier alpha value is -4.23. The summed E-state index contributed by atoms with van der Waals surface area (Å²) in [6, 6.07) is 9.96. The van der Waals surface area contributed by atoms with Crippen molar-refractivity contribution in [3.63, 3.8) is 0 Å². The maximum absolute atomic E-state index is 14.7. The summed E-state index contributed by atoms with van der Waals surface area (Å²) in [6.07, 6.45) is -1.15. The lowest BCUT2D eigenvalue weighted by atomic mass is 9.98. The molecule has 0 amide bonds. The molecule has 0 bridgehead atoms. The number of hydrogen-bond donors (Lipinski definition) is 1. The third-order valence-corrected chi connectivity index (χ3v) is 6.35. The standard InChI is InChI=1S/C27H22F3N5O2/c1-13-4-16(5-14(2)33-13)19-6-15(11-31)7-20-24(19)34-26(23-8-17(28)12-32-23)35(27(20)36)18-9-21(29)25(37-3)22(30)10-18/h4-7,9-10,17,23,32H,8,12H2,1-3H3/t17-,23?/m0/s1. The van der Waals surface area contributed by atoms with Crippen molar-refractivity contribution in [1.82, 2.24) is 19.9 Å². The van der Waals surface area contributed by atoms with Gasteiger partial charge in [-0.05, 0) is 43.7 Å². The number of aromatic nitrogens is 3. The van der Waals surface area contributed by atoms with E-state index < -0.39 is 35.2 Å². The van der Waals surface area contributed by atoms with Crippen LogP contribution in [0.25, 0.3) is 27.7 Å². The van der Waals surface area contributed by atoms with E-state index in [0.717, 1.165) is 35.2 Å². The fourth-order valence-electron chi connectivity index (χ4n) is 4.82. The number of halogens is 3. The summed E-state index contributed by atoms with van der Waals surface area (Å²) < 4.78 is 49.4. The minimum Gasteiger partial charge on any atom is -0.491 e. The molecule has 1 aliphatic rings. The normalized spacial score (nSPS) is 17.2. The molecule has 3 heterocycles. The summed E-state index contributed by atoms with van der Waals surface area (Å²) >= 11 is 0. The van der Waals surface area contributed by atoms with Crippen molar-refractivity contribution in [2.75, 3.05) is 13.7 Å². The fourth-order valence-corrected chi connectivity index (χ4v) is 4.82.